The number of nitrogens with zero attached hydrogens (tertiary/aromatic N) is 4. The smallest absolute Gasteiger partial charge is 0.253 e. The molecule has 330 valence electrons. The zero-order chi connectivity index (χ0) is 45.0. The molecule has 1 N–H and O–H groups in total. The first-order valence-electron chi connectivity index (χ1n) is 22.1. The van der Waals surface area contributed by atoms with E-state index in [1.165, 1.54) is 22.7 Å². The van der Waals surface area contributed by atoms with E-state index in [0.29, 0.717) is 24.2 Å². The zero-order valence-corrected chi connectivity index (χ0v) is 39.1. The van der Waals surface area contributed by atoms with Gasteiger partial charge in [-0.15, -0.1) is 22.7 Å². The van der Waals surface area contributed by atoms with Crippen molar-refractivity contribution in [2.45, 2.75) is 56.1 Å². The maximum Gasteiger partial charge on any atom is 0.253 e. The Morgan fingerprint density at radius 3 is 1.58 bits per heavy atom. The van der Waals surface area contributed by atoms with E-state index in [0.717, 1.165) is 78.8 Å². The Hall–Kier alpha value is -6.38. The lowest BCUT2D eigenvalue weighted by Gasteiger charge is -2.28. The van der Waals surface area contributed by atoms with Crippen LogP contribution in [0.5, 0.6) is 0 Å². The van der Waals surface area contributed by atoms with Gasteiger partial charge in [-0.05, 0) is 82.0 Å². The number of carbonyl (C=O) groups is 4. The molecule has 9 nitrogen and oxygen atoms in total. The summed E-state index contributed by atoms with van der Waals surface area (Å²) in [5.74, 6) is -0.994. The number of hydrogen-bond acceptors (Lipinski definition) is 10. The molecule has 10 rings (SSSR count). The lowest BCUT2D eigenvalue weighted by molar-refractivity contribution is -0.134. The predicted molar refractivity (Wildman–Crippen MR) is 265 cm³/mol. The van der Waals surface area contributed by atoms with E-state index in [9.17, 15) is 19.2 Å². The molecule has 4 aromatic heterocycles. The molecule has 2 fully saturated rings. The highest BCUT2D eigenvalue weighted by molar-refractivity contribution is 7.15. The molecule has 13 heteroatoms. The minimum Gasteiger partial charge on any atom is -0.336 e. The number of thiophene rings is 2. The summed E-state index contributed by atoms with van der Waals surface area (Å²) in [6, 6.07) is 38.6. The SMILES string of the molecule is O=C(C[C@H](C(=O)N1CCC[C@H]1c1ncc(-c2ccc(-c3ccc(-c4cnc([C@@H]5CCCN5C(=O)[C@H](NC(=O)c5ccsc5)c5ccccc5)s4)cc3)cc2)s1)c1ccccc1)c1ccsc1. The molecule has 4 aromatic carbocycles. The fourth-order valence-electron chi connectivity index (χ4n) is 9.05. The van der Waals surface area contributed by atoms with Crippen molar-refractivity contribution in [3.05, 3.63) is 188 Å². The summed E-state index contributed by atoms with van der Waals surface area (Å²) in [4.78, 5) is 70.6. The topological polar surface area (TPSA) is 113 Å². The monoisotopic (exact) mass is 943 g/mol. The number of thiazole rings is 2. The van der Waals surface area contributed by atoms with Gasteiger partial charge in [-0.3, -0.25) is 19.2 Å². The van der Waals surface area contributed by atoms with Crippen molar-refractivity contribution in [3.8, 4) is 32.0 Å². The van der Waals surface area contributed by atoms with Crippen molar-refractivity contribution in [1.82, 2.24) is 25.1 Å². The average molecular weight is 944 g/mol. The van der Waals surface area contributed by atoms with Gasteiger partial charge in [0.15, 0.2) is 5.78 Å². The maximum absolute atomic E-state index is 14.3. The fourth-order valence-corrected chi connectivity index (χ4v) is 12.5. The molecular formula is C53H45N5O4S4. The number of hydrogen-bond donors (Lipinski definition) is 1. The van der Waals surface area contributed by atoms with E-state index in [1.54, 1.807) is 34.1 Å². The van der Waals surface area contributed by atoms with Crippen molar-refractivity contribution in [3.63, 3.8) is 0 Å². The second-order valence-electron chi connectivity index (χ2n) is 16.6. The van der Waals surface area contributed by atoms with Gasteiger partial charge < -0.3 is 15.1 Å². The summed E-state index contributed by atoms with van der Waals surface area (Å²) >= 11 is 6.17. The van der Waals surface area contributed by atoms with Gasteiger partial charge in [-0.2, -0.15) is 22.7 Å². The van der Waals surface area contributed by atoms with E-state index in [4.69, 9.17) is 9.97 Å². The van der Waals surface area contributed by atoms with E-state index >= 15 is 0 Å². The summed E-state index contributed by atoms with van der Waals surface area (Å²) in [6.45, 7) is 1.24. The molecule has 3 amide bonds. The van der Waals surface area contributed by atoms with Crippen molar-refractivity contribution in [2.24, 2.45) is 0 Å². The van der Waals surface area contributed by atoms with Gasteiger partial charge in [0.05, 0.1) is 33.3 Å². The molecule has 0 unspecified atom stereocenters. The second-order valence-corrected chi connectivity index (χ2v) is 20.3. The number of amides is 3. The van der Waals surface area contributed by atoms with Crippen LogP contribution in [-0.4, -0.2) is 56.4 Å². The van der Waals surface area contributed by atoms with E-state index in [-0.39, 0.29) is 42.0 Å². The molecule has 0 spiro atoms. The van der Waals surface area contributed by atoms with Gasteiger partial charge in [-0.1, -0.05) is 109 Å². The van der Waals surface area contributed by atoms with Crippen LogP contribution in [0.25, 0.3) is 32.0 Å². The van der Waals surface area contributed by atoms with Gasteiger partial charge in [0.25, 0.3) is 5.91 Å². The molecule has 0 bridgehead atoms. The standard InChI is InChI=1S/C53H45N5O4S4/c59-45(40-23-27-63-32-40)29-42(36-9-3-1-4-10-36)52(61)57-25-7-13-43(57)50-54-30-46(65-50)37-19-15-34(16-20-37)35-17-21-38(22-18-35)47-31-55-51(66-47)44-14-8-26-58(44)53(62)48(39-11-5-2-6-12-39)56-49(60)41-24-28-64-33-41/h1-6,9-12,15-24,27-28,30-33,42-44,48H,7-8,13-14,25-26,29H2,(H,56,60)/t42-,43-,44-,48+/m0/s1. The van der Waals surface area contributed by atoms with Gasteiger partial charge in [-0.25, -0.2) is 9.97 Å². The molecule has 0 aliphatic carbocycles. The number of ketones is 1. The minimum atomic E-state index is -0.805. The first-order valence-corrected chi connectivity index (χ1v) is 25.6. The van der Waals surface area contributed by atoms with Crippen LogP contribution in [0.4, 0.5) is 0 Å². The summed E-state index contributed by atoms with van der Waals surface area (Å²) in [5.41, 5.74) is 7.11. The number of carbonyl (C=O) groups excluding carboxylic acids is 4. The molecule has 2 saturated heterocycles. The molecular weight excluding hydrogens is 899 g/mol. The number of likely N-dealkylation sites (tertiary alicyclic amines) is 2. The van der Waals surface area contributed by atoms with Crippen LogP contribution >= 0.6 is 45.3 Å². The highest BCUT2D eigenvalue weighted by Gasteiger charge is 2.39. The highest BCUT2D eigenvalue weighted by atomic mass is 32.1. The molecule has 8 aromatic rings. The van der Waals surface area contributed by atoms with Crippen molar-refractivity contribution >= 4 is 68.9 Å². The molecule has 2 aliphatic rings. The lowest BCUT2D eigenvalue weighted by atomic mass is 9.90. The number of rotatable bonds is 14. The van der Waals surface area contributed by atoms with E-state index in [2.05, 4.69) is 53.8 Å². The Morgan fingerprint density at radius 1 is 0.576 bits per heavy atom. The Balaban J connectivity index is 0.800. The van der Waals surface area contributed by atoms with Crippen LogP contribution in [0.2, 0.25) is 0 Å². The van der Waals surface area contributed by atoms with Crippen molar-refractivity contribution < 1.29 is 19.2 Å². The van der Waals surface area contributed by atoms with Crippen LogP contribution < -0.4 is 5.32 Å². The molecule has 0 radical (unpaired) electrons. The molecule has 6 heterocycles. The van der Waals surface area contributed by atoms with Crippen LogP contribution in [0.3, 0.4) is 0 Å². The quantitative estimate of drug-likeness (QED) is 0.109. The fraction of sp³-hybridized carbons (Fsp3) is 0.208. The Bertz CT molecular complexity index is 2730. The van der Waals surface area contributed by atoms with Crippen LogP contribution in [0, 0.1) is 0 Å². The minimum absolute atomic E-state index is 0.0193. The van der Waals surface area contributed by atoms with Crippen molar-refractivity contribution in [1.29, 1.82) is 0 Å². The van der Waals surface area contributed by atoms with Crippen LogP contribution in [0.15, 0.2) is 155 Å². The third-order valence-corrected chi connectivity index (χ3v) is 16.2. The second kappa shape index (κ2) is 19.6. The zero-order valence-electron chi connectivity index (χ0n) is 35.8. The summed E-state index contributed by atoms with van der Waals surface area (Å²) in [5, 5.41) is 12.2. The summed E-state index contributed by atoms with van der Waals surface area (Å²) < 4.78 is 0. The number of Topliss-reactive ketones (excluding diaryl/α,β-unsaturated/α-hetero) is 1. The van der Waals surface area contributed by atoms with Crippen LogP contribution in [0.1, 0.15) is 98.0 Å². The predicted octanol–water partition coefficient (Wildman–Crippen LogP) is 12.3. The number of benzene rings is 4. The van der Waals surface area contributed by atoms with Crippen LogP contribution in [-0.2, 0) is 9.59 Å². The normalized spacial score (nSPS) is 16.8. The molecule has 2 aliphatic heterocycles. The first-order chi connectivity index (χ1) is 32.4. The largest absolute Gasteiger partial charge is 0.336 e. The summed E-state index contributed by atoms with van der Waals surface area (Å²) in [7, 11) is 0. The number of aromatic nitrogens is 2. The van der Waals surface area contributed by atoms with Gasteiger partial charge in [0.1, 0.15) is 16.1 Å². The van der Waals surface area contributed by atoms with E-state index in [1.807, 2.05) is 105 Å². The molecule has 4 atom stereocenters. The molecule has 0 saturated carbocycles. The Labute approximate surface area is 399 Å². The number of nitrogens with one attached hydrogen (secondary N) is 1. The van der Waals surface area contributed by atoms with Gasteiger partial charge in [0, 0.05) is 48.2 Å². The van der Waals surface area contributed by atoms with E-state index < -0.39 is 12.0 Å². The average Bonchev–Trinajstić information content (AvgIpc) is 4.22. The third kappa shape index (κ3) is 9.21. The Morgan fingerprint density at radius 2 is 1.06 bits per heavy atom. The molecule has 66 heavy (non-hydrogen) atoms. The summed E-state index contributed by atoms with van der Waals surface area (Å²) in [6.07, 6.45) is 7.34. The maximum atomic E-state index is 14.3. The first kappa shape index (κ1) is 43.5. The lowest BCUT2D eigenvalue weighted by Crippen LogP contribution is -2.42. The third-order valence-electron chi connectivity index (χ3n) is 12.5. The van der Waals surface area contributed by atoms with Gasteiger partial charge in [0.2, 0.25) is 11.8 Å². The Kier molecular flexibility index (Phi) is 12.9. The van der Waals surface area contributed by atoms with Gasteiger partial charge >= 0.3 is 0 Å². The van der Waals surface area contributed by atoms with Crippen molar-refractivity contribution in [2.75, 3.05) is 13.1 Å². The highest BCUT2D eigenvalue weighted by Crippen LogP contribution is 2.42.